The Bertz CT molecular complexity index is 493. The monoisotopic (exact) mass is 251 g/mol. The van der Waals surface area contributed by atoms with Gasteiger partial charge in [-0.2, -0.15) is 16.4 Å². The average Bonchev–Trinajstić information content (AvgIpc) is 2.95. The van der Waals surface area contributed by atoms with Crippen molar-refractivity contribution in [3.8, 4) is 0 Å². The van der Waals surface area contributed by atoms with Crippen molar-refractivity contribution in [2.24, 2.45) is 7.05 Å². The molecule has 0 saturated carbocycles. The van der Waals surface area contributed by atoms with Crippen molar-refractivity contribution in [2.45, 2.75) is 6.10 Å². The predicted molar refractivity (Wildman–Crippen MR) is 64.8 cm³/mol. The zero-order chi connectivity index (χ0) is 12.3. The Hall–Kier alpha value is -1.66. The standard InChI is InChI=1S/C11H13N3O2S/c1-14-4-2-9(13-14)11(16)12-6-10(15)8-3-5-17-7-8/h2-5,7,10,15H,6H2,1H3,(H,12,16). The van der Waals surface area contributed by atoms with Crippen LogP contribution in [0.15, 0.2) is 29.1 Å². The van der Waals surface area contributed by atoms with Crippen LogP contribution < -0.4 is 5.32 Å². The summed E-state index contributed by atoms with van der Waals surface area (Å²) >= 11 is 1.51. The zero-order valence-corrected chi connectivity index (χ0v) is 10.1. The van der Waals surface area contributed by atoms with Crippen molar-refractivity contribution in [2.75, 3.05) is 6.54 Å². The van der Waals surface area contributed by atoms with E-state index in [0.29, 0.717) is 5.69 Å². The van der Waals surface area contributed by atoms with Gasteiger partial charge in [-0.15, -0.1) is 0 Å². The maximum absolute atomic E-state index is 11.6. The van der Waals surface area contributed by atoms with Gasteiger partial charge in [-0.1, -0.05) is 0 Å². The number of carbonyl (C=O) groups is 1. The molecule has 2 heterocycles. The number of carbonyl (C=O) groups excluding carboxylic acids is 1. The lowest BCUT2D eigenvalue weighted by atomic mass is 10.2. The zero-order valence-electron chi connectivity index (χ0n) is 9.33. The van der Waals surface area contributed by atoms with Crippen LogP contribution in [0.3, 0.4) is 0 Å². The maximum Gasteiger partial charge on any atom is 0.271 e. The Morgan fingerprint density at radius 3 is 3.06 bits per heavy atom. The van der Waals surface area contributed by atoms with Crippen LogP contribution in [0.1, 0.15) is 22.2 Å². The SMILES string of the molecule is Cn1ccc(C(=O)NCC(O)c2ccsc2)n1. The summed E-state index contributed by atoms with van der Waals surface area (Å²) in [4.78, 5) is 11.6. The number of aliphatic hydroxyl groups is 1. The summed E-state index contributed by atoms with van der Waals surface area (Å²) in [6, 6.07) is 3.47. The lowest BCUT2D eigenvalue weighted by Gasteiger charge is -2.09. The molecule has 0 saturated heterocycles. The lowest BCUT2D eigenvalue weighted by molar-refractivity contribution is 0.0911. The van der Waals surface area contributed by atoms with E-state index in [1.54, 1.807) is 24.0 Å². The molecule has 0 aliphatic carbocycles. The second-order valence-corrected chi connectivity index (χ2v) is 4.44. The van der Waals surface area contributed by atoms with Gasteiger partial charge in [0, 0.05) is 19.8 Å². The number of aliphatic hydroxyl groups excluding tert-OH is 1. The molecule has 0 fully saturated rings. The van der Waals surface area contributed by atoms with Crippen LogP contribution in [0.2, 0.25) is 0 Å². The highest BCUT2D eigenvalue weighted by atomic mass is 32.1. The summed E-state index contributed by atoms with van der Waals surface area (Å²) in [7, 11) is 1.75. The van der Waals surface area contributed by atoms with Crippen molar-refractivity contribution in [1.29, 1.82) is 0 Å². The molecule has 2 aromatic heterocycles. The minimum atomic E-state index is -0.672. The number of aryl methyl sites for hydroxylation is 1. The molecule has 1 unspecified atom stereocenters. The van der Waals surface area contributed by atoms with Gasteiger partial charge in [0.25, 0.3) is 5.91 Å². The fraction of sp³-hybridized carbons (Fsp3) is 0.273. The third-order valence-electron chi connectivity index (χ3n) is 2.33. The molecule has 1 atom stereocenters. The van der Waals surface area contributed by atoms with Crippen LogP contribution in [0.5, 0.6) is 0 Å². The van der Waals surface area contributed by atoms with Gasteiger partial charge in [0.15, 0.2) is 0 Å². The van der Waals surface area contributed by atoms with Gasteiger partial charge in [0.05, 0.1) is 6.10 Å². The van der Waals surface area contributed by atoms with Gasteiger partial charge in [0.1, 0.15) is 5.69 Å². The van der Waals surface area contributed by atoms with Crippen LogP contribution in [0, 0.1) is 0 Å². The first-order valence-corrected chi connectivity index (χ1v) is 6.09. The molecule has 2 aromatic rings. The highest BCUT2D eigenvalue weighted by molar-refractivity contribution is 7.07. The quantitative estimate of drug-likeness (QED) is 0.850. The molecule has 90 valence electrons. The maximum atomic E-state index is 11.6. The molecule has 0 aromatic carbocycles. The summed E-state index contributed by atoms with van der Waals surface area (Å²) in [5, 5.41) is 20.1. The van der Waals surface area contributed by atoms with E-state index < -0.39 is 6.10 Å². The van der Waals surface area contributed by atoms with E-state index in [9.17, 15) is 9.90 Å². The number of rotatable bonds is 4. The van der Waals surface area contributed by atoms with Gasteiger partial charge < -0.3 is 10.4 Å². The molecule has 0 aliphatic heterocycles. The number of hydrogen-bond acceptors (Lipinski definition) is 4. The van der Waals surface area contributed by atoms with Crippen molar-refractivity contribution in [1.82, 2.24) is 15.1 Å². The third kappa shape index (κ3) is 2.92. The van der Waals surface area contributed by atoms with E-state index >= 15 is 0 Å². The fourth-order valence-corrected chi connectivity index (χ4v) is 2.11. The predicted octanol–water partition coefficient (Wildman–Crippen LogP) is 0.945. The number of nitrogens with zero attached hydrogens (tertiary/aromatic N) is 2. The number of nitrogens with one attached hydrogen (secondary N) is 1. The Labute approximate surface area is 103 Å². The van der Waals surface area contributed by atoms with Crippen LogP contribution in [0.4, 0.5) is 0 Å². The Kier molecular flexibility index (Phi) is 3.55. The Morgan fingerprint density at radius 2 is 2.47 bits per heavy atom. The summed E-state index contributed by atoms with van der Waals surface area (Å²) < 4.78 is 1.56. The van der Waals surface area contributed by atoms with E-state index in [1.165, 1.54) is 11.3 Å². The highest BCUT2D eigenvalue weighted by Gasteiger charge is 2.12. The van der Waals surface area contributed by atoms with E-state index in [1.807, 2.05) is 16.8 Å². The molecule has 0 bridgehead atoms. The first-order valence-electron chi connectivity index (χ1n) is 5.15. The summed E-state index contributed by atoms with van der Waals surface area (Å²) in [6.45, 7) is 0.187. The molecule has 0 aliphatic rings. The topological polar surface area (TPSA) is 67.2 Å². The molecular formula is C11H13N3O2S. The summed E-state index contributed by atoms with van der Waals surface area (Å²) in [5.74, 6) is -0.278. The molecule has 2 N–H and O–H groups in total. The molecule has 0 radical (unpaired) electrons. The summed E-state index contributed by atoms with van der Waals surface area (Å²) in [6.07, 6.45) is 1.03. The molecule has 1 amide bonds. The smallest absolute Gasteiger partial charge is 0.271 e. The number of aromatic nitrogens is 2. The van der Waals surface area contributed by atoms with E-state index in [4.69, 9.17) is 0 Å². The second-order valence-electron chi connectivity index (χ2n) is 3.66. The van der Waals surface area contributed by atoms with Gasteiger partial charge >= 0.3 is 0 Å². The van der Waals surface area contributed by atoms with Gasteiger partial charge in [-0.25, -0.2) is 0 Å². The van der Waals surface area contributed by atoms with E-state index in [-0.39, 0.29) is 12.5 Å². The van der Waals surface area contributed by atoms with Gasteiger partial charge in [-0.05, 0) is 28.5 Å². The normalized spacial score (nSPS) is 12.4. The minimum Gasteiger partial charge on any atom is -0.387 e. The number of hydrogen-bond donors (Lipinski definition) is 2. The number of amides is 1. The van der Waals surface area contributed by atoms with Crippen LogP contribution >= 0.6 is 11.3 Å². The van der Waals surface area contributed by atoms with Crippen molar-refractivity contribution < 1.29 is 9.90 Å². The first-order chi connectivity index (χ1) is 8.16. The Morgan fingerprint density at radius 1 is 1.65 bits per heavy atom. The second kappa shape index (κ2) is 5.11. The highest BCUT2D eigenvalue weighted by Crippen LogP contribution is 2.15. The van der Waals surface area contributed by atoms with E-state index in [2.05, 4.69) is 10.4 Å². The first kappa shape index (κ1) is 11.8. The minimum absolute atomic E-state index is 0.187. The third-order valence-corrected chi connectivity index (χ3v) is 3.03. The average molecular weight is 251 g/mol. The largest absolute Gasteiger partial charge is 0.387 e. The van der Waals surface area contributed by atoms with Crippen molar-refractivity contribution in [3.63, 3.8) is 0 Å². The molecule has 2 rings (SSSR count). The molecular weight excluding hydrogens is 238 g/mol. The fourth-order valence-electron chi connectivity index (χ4n) is 1.40. The molecule has 17 heavy (non-hydrogen) atoms. The van der Waals surface area contributed by atoms with Crippen molar-refractivity contribution in [3.05, 3.63) is 40.3 Å². The molecule has 5 nitrogen and oxygen atoms in total. The Balaban J connectivity index is 1.88. The van der Waals surface area contributed by atoms with Crippen LogP contribution in [-0.2, 0) is 7.05 Å². The van der Waals surface area contributed by atoms with E-state index in [0.717, 1.165) is 5.56 Å². The van der Waals surface area contributed by atoms with Gasteiger partial charge in [-0.3, -0.25) is 9.48 Å². The lowest BCUT2D eigenvalue weighted by Crippen LogP contribution is -2.28. The molecule has 6 heteroatoms. The van der Waals surface area contributed by atoms with Crippen LogP contribution in [-0.4, -0.2) is 27.3 Å². The molecule has 0 spiro atoms. The van der Waals surface area contributed by atoms with Crippen molar-refractivity contribution >= 4 is 17.2 Å². The number of thiophene rings is 1. The van der Waals surface area contributed by atoms with Crippen LogP contribution in [0.25, 0.3) is 0 Å². The van der Waals surface area contributed by atoms with Gasteiger partial charge in [0.2, 0.25) is 0 Å². The summed E-state index contributed by atoms with van der Waals surface area (Å²) in [5.41, 5.74) is 1.17.